The average molecular weight is 364 g/mol. The first-order valence-corrected chi connectivity index (χ1v) is 8.72. The highest BCUT2D eigenvalue weighted by molar-refractivity contribution is 6.31. The van der Waals surface area contributed by atoms with Crippen LogP contribution in [0.15, 0.2) is 34.3 Å². The topological polar surface area (TPSA) is 68.0 Å². The van der Waals surface area contributed by atoms with Gasteiger partial charge >= 0.3 is 11.8 Å². The fourth-order valence-electron chi connectivity index (χ4n) is 2.79. The molecule has 5 nitrogen and oxygen atoms in total. The summed E-state index contributed by atoms with van der Waals surface area (Å²) in [5.74, 6) is -0.618. The molecule has 0 saturated heterocycles. The van der Waals surface area contributed by atoms with Gasteiger partial charge in [-0.3, -0.25) is 4.79 Å². The Balaban J connectivity index is 1.53. The molecule has 132 valence electrons. The summed E-state index contributed by atoms with van der Waals surface area (Å²) in [4.78, 5) is 12.1. The van der Waals surface area contributed by atoms with Gasteiger partial charge in [-0.2, -0.15) is 0 Å². The van der Waals surface area contributed by atoms with Gasteiger partial charge in [-0.25, -0.2) is 4.39 Å². The fraction of sp³-hybridized carbons (Fsp3) is 0.389. The van der Waals surface area contributed by atoms with Gasteiger partial charge in [0.05, 0.1) is 6.42 Å². The van der Waals surface area contributed by atoms with E-state index in [1.54, 1.807) is 6.07 Å². The van der Waals surface area contributed by atoms with Crippen molar-refractivity contribution in [1.82, 2.24) is 15.5 Å². The molecule has 7 heteroatoms. The molecule has 0 atom stereocenters. The van der Waals surface area contributed by atoms with Crippen molar-refractivity contribution < 1.29 is 13.6 Å². The minimum Gasteiger partial charge on any atom is -0.417 e. The van der Waals surface area contributed by atoms with Crippen LogP contribution >= 0.6 is 11.6 Å². The van der Waals surface area contributed by atoms with Gasteiger partial charge in [0.25, 0.3) is 0 Å². The number of carbonyl (C=O) groups excluding carboxylic acids is 1. The molecule has 0 fully saturated rings. The molecule has 1 aliphatic rings. The Morgan fingerprint density at radius 2 is 2.20 bits per heavy atom. The highest BCUT2D eigenvalue weighted by atomic mass is 35.5. The number of hydrogen-bond acceptors (Lipinski definition) is 4. The number of allylic oxidation sites excluding steroid dienone is 1. The standard InChI is InChI=1S/C18H19ClFN3O2/c19-15-11-14(20)7-6-13(15)10-16-22-23-18(25-16)17(24)21-9-8-12-4-2-1-3-5-12/h4,6-7,11H,1-3,5,8-10H2,(H,21,24). The number of hydrogen-bond donors (Lipinski definition) is 1. The summed E-state index contributed by atoms with van der Waals surface area (Å²) in [7, 11) is 0. The number of aromatic nitrogens is 2. The molecule has 1 aromatic carbocycles. The Morgan fingerprint density at radius 1 is 1.32 bits per heavy atom. The first-order chi connectivity index (χ1) is 12.1. The van der Waals surface area contributed by atoms with Crippen LogP contribution in [0.25, 0.3) is 0 Å². The Kier molecular flexibility index (Phi) is 5.81. The van der Waals surface area contributed by atoms with Gasteiger partial charge in [-0.15, -0.1) is 10.2 Å². The lowest BCUT2D eigenvalue weighted by molar-refractivity contribution is 0.0917. The first-order valence-electron chi connectivity index (χ1n) is 8.34. The maximum Gasteiger partial charge on any atom is 0.308 e. The van der Waals surface area contributed by atoms with Crippen LogP contribution in [-0.4, -0.2) is 22.6 Å². The van der Waals surface area contributed by atoms with Crippen LogP contribution in [-0.2, 0) is 6.42 Å². The van der Waals surface area contributed by atoms with E-state index in [0.29, 0.717) is 12.1 Å². The van der Waals surface area contributed by atoms with Crippen molar-refractivity contribution in [2.24, 2.45) is 0 Å². The Morgan fingerprint density at radius 3 is 2.96 bits per heavy atom. The third-order valence-corrected chi connectivity index (χ3v) is 4.49. The van der Waals surface area contributed by atoms with E-state index < -0.39 is 5.82 Å². The molecule has 0 saturated carbocycles. The van der Waals surface area contributed by atoms with Gasteiger partial charge in [0.1, 0.15) is 5.82 Å². The minimum absolute atomic E-state index is 0.0779. The van der Waals surface area contributed by atoms with E-state index in [1.807, 2.05) is 0 Å². The van der Waals surface area contributed by atoms with Gasteiger partial charge in [0.15, 0.2) is 0 Å². The Hall–Kier alpha value is -2.21. The van der Waals surface area contributed by atoms with Crippen molar-refractivity contribution in [3.63, 3.8) is 0 Å². The lowest BCUT2D eigenvalue weighted by Gasteiger charge is -2.12. The number of halogens is 2. The molecule has 3 rings (SSSR count). The molecule has 0 aliphatic heterocycles. The third kappa shape index (κ3) is 4.89. The smallest absolute Gasteiger partial charge is 0.308 e. The largest absolute Gasteiger partial charge is 0.417 e. The van der Waals surface area contributed by atoms with Crippen LogP contribution < -0.4 is 5.32 Å². The molecule has 0 bridgehead atoms. The van der Waals surface area contributed by atoms with E-state index in [1.165, 1.54) is 30.5 Å². The second kappa shape index (κ2) is 8.25. The molecule has 1 N–H and O–H groups in total. The number of amides is 1. The summed E-state index contributed by atoms with van der Waals surface area (Å²) in [5.41, 5.74) is 2.05. The highest BCUT2D eigenvalue weighted by Gasteiger charge is 2.16. The van der Waals surface area contributed by atoms with Crippen molar-refractivity contribution in [1.29, 1.82) is 0 Å². The van der Waals surface area contributed by atoms with Gasteiger partial charge in [0.2, 0.25) is 5.89 Å². The molecule has 2 aromatic rings. The molecular weight excluding hydrogens is 345 g/mol. The predicted octanol–water partition coefficient (Wildman–Crippen LogP) is 4.07. The van der Waals surface area contributed by atoms with Crippen molar-refractivity contribution in [3.05, 3.63) is 58.0 Å². The maximum absolute atomic E-state index is 13.1. The molecule has 1 aromatic heterocycles. The first kappa shape index (κ1) is 17.6. The average Bonchev–Trinajstić information content (AvgIpc) is 3.07. The third-order valence-electron chi connectivity index (χ3n) is 4.13. The second-order valence-electron chi connectivity index (χ2n) is 6.03. The highest BCUT2D eigenvalue weighted by Crippen LogP contribution is 2.21. The SMILES string of the molecule is O=C(NCCC1=CCCCC1)c1nnc(Cc2ccc(F)cc2Cl)o1. The second-order valence-corrected chi connectivity index (χ2v) is 6.43. The fourth-order valence-corrected chi connectivity index (χ4v) is 3.02. The van der Waals surface area contributed by atoms with Gasteiger partial charge in [-0.1, -0.05) is 29.3 Å². The van der Waals surface area contributed by atoms with E-state index in [4.69, 9.17) is 16.0 Å². The molecule has 1 heterocycles. The van der Waals surface area contributed by atoms with E-state index in [9.17, 15) is 9.18 Å². The van der Waals surface area contributed by atoms with Crippen LogP contribution in [0.2, 0.25) is 5.02 Å². The quantitative estimate of drug-likeness (QED) is 0.785. The zero-order valence-electron chi connectivity index (χ0n) is 13.7. The summed E-state index contributed by atoms with van der Waals surface area (Å²) in [6.45, 7) is 0.548. The number of rotatable bonds is 6. The molecular formula is C18H19ClFN3O2. The molecule has 1 aliphatic carbocycles. The monoisotopic (exact) mass is 363 g/mol. The lowest BCUT2D eigenvalue weighted by Crippen LogP contribution is -2.25. The van der Waals surface area contributed by atoms with Crippen LogP contribution in [0.1, 0.15) is 54.2 Å². The summed E-state index contributed by atoms with van der Waals surface area (Å²) in [6.07, 6.45) is 8.05. The van der Waals surface area contributed by atoms with Crippen LogP contribution in [0.5, 0.6) is 0 Å². The lowest BCUT2D eigenvalue weighted by atomic mass is 9.97. The predicted molar refractivity (Wildman–Crippen MR) is 92.0 cm³/mol. The van der Waals surface area contributed by atoms with Gasteiger partial charge < -0.3 is 9.73 Å². The molecule has 25 heavy (non-hydrogen) atoms. The van der Waals surface area contributed by atoms with Crippen molar-refractivity contribution in [2.75, 3.05) is 6.54 Å². The van der Waals surface area contributed by atoms with Gasteiger partial charge in [-0.05, 0) is 49.8 Å². The van der Waals surface area contributed by atoms with Gasteiger partial charge in [0, 0.05) is 11.6 Å². The zero-order chi connectivity index (χ0) is 17.6. The summed E-state index contributed by atoms with van der Waals surface area (Å²) in [6, 6.07) is 4.09. The normalized spacial score (nSPS) is 14.2. The van der Waals surface area contributed by atoms with E-state index >= 15 is 0 Å². The Bertz CT molecular complexity index is 788. The van der Waals surface area contributed by atoms with E-state index in [-0.39, 0.29) is 29.1 Å². The van der Waals surface area contributed by atoms with Crippen LogP contribution in [0, 0.1) is 5.82 Å². The number of carbonyl (C=O) groups is 1. The van der Waals surface area contributed by atoms with Crippen molar-refractivity contribution >= 4 is 17.5 Å². The number of nitrogens with zero attached hydrogens (tertiary/aromatic N) is 2. The molecule has 0 radical (unpaired) electrons. The van der Waals surface area contributed by atoms with Crippen LogP contribution in [0.4, 0.5) is 4.39 Å². The van der Waals surface area contributed by atoms with Crippen molar-refractivity contribution in [2.45, 2.75) is 38.5 Å². The van der Waals surface area contributed by atoms with E-state index in [0.717, 1.165) is 19.3 Å². The maximum atomic E-state index is 13.1. The number of nitrogens with one attached hydrogen (secondary N) is 1. The van der Waals surface area contributed by atoms with Crippen molar-refractivity contribution in [3.8, 4) is 0 Å². The Labute approximate surface area is 150 Å². The minimum atomic E-state index is -0.410. The summed E-state index contributed by atoms with van der Waals surface area (Å²) in [5, 5.41) is 10.7. The molecule has 1 amide bonds. The summed E-state index contributed by atoms with van der Waals surface area (Å²) < 4.78 is 18.4. The molecule has 0 spiro atoms. The van der Waals surface area contributed by atoms with E-state index in [2.05, 4.69) is 21.6 Å². The van der Waals surface area contributed by atoms with Crippen LogP contribution in [0.3, 0.4) is 0 Å². The summed E-state index contributed by atoms with van der Waals surface area (Å²) >= 11 is 5.98. The number of benzene rings is 1. The molecule has 0 unspecified atom stereocenters. The zero-order valence-corrected chi connectivity index (χ0v) is 14.5.